The van der Waals surface area contributed by atoms with Gasteiger partial charge in [-0.2, -0.15) is 0 Å². The van der Waals surface area contributed by atoms with Crippen molar-refractivity contribution in [3.8, 4) is 0 Å². The van der Waals surface area contributed by atoms with Crippen molar-refractivity contribution in [2.24, 2.45) is 11.3 Å². The predicted molar refractivity (Wildman–Crippen MR) is 80.3 cm³/mol. The molecule has 0 aromatic carbocycles. The van der Waals surface area contributed by atoms with Crippen molar-refractivity contribution < 1.29 is 14.3 Å². The molecule has 5 nitrogen and oxygen atoms in total. The van der Waals surface area contributed by atoms with E-state index in [9.17, 15) is 9.59 Å². The number of ether oxygens (including phenoxy) is 1. The Balaban J connectivity index is 1.93. The fourth-order valence-electron chi connectivity index (χ4n) is 2.96. The molecular formula is C16H24N2O3. The smallest absolute Gasteiger partial charge is 0.241 e. The maximum atomic E-state index is 12.4. The maximum absolute atomic E-state index is 12.4. The summed E-state index contributed by atoms with van der Waals surface area (Å²) in [6.45, 7) is 5.63. The lowest BCUT2D eigenvalue weighted by Crippen LogP contribution is -2.44. The van der Waals surface area contributed by atoms with Gasteiger partial charge in [0.1, 0.15) is 5.76 Å². The van der Waals surface area contributed by atoms with Crippen molar-refractivity contribution in [2.45, 2.75) is 26.7 Å². The van der Waals surface area contributed by atoms with Gasteiger partial charge in [0, 0.05) is 18.5 Å². The number of carbonyl (C=O) groups excluding carboxylic acids is 2. The zero-order valence-electron chi connectivity index (χ0n) is 13.0. The fourth-order valence-corrected chi connectivity index (χ4v) is 2.96. The second-order valence-corrected chi connectivity index (χ2v) is 6.12. The summed E-state index contributed by atoms with van der Waals surface area (Å²) in [5, 5.41) is 2.77. The molecule has 1 saturated heterocycles. The zero-order chi connectivity index (χ0) is 15.5. The second kappa shape index (κ2) is 6.33. The van der Waals surface area contributed by atoms with Gasteiger partial charge in [-0.25, -0.2) is 0 Å². The number of allylic oxidation sites excluding steroid dienone is 3. The SMILES string of the molecule is COC1=CC=CC(C(=O)NCC(=O)N2CCCC2)C1(C)C. The van der Waals surface area contributed by atoms with Crippen molar-refractivity contribution in [1.29, 1.82) is 0 Å². The molecule has 1 aliphatic carbocycles. The largest absolute Gasteiger partial charge is 0.501 e. The van der Waals surface area contributed by atoms with E-state index >= 15 is 0 Å². The van der Waals surface area contributed by atoms with Crippen LogP contribution in [0.4, 0.5) is 0 Å². The number of amides is 2. The summed E-state index contributed by atoms with van der Waals surface area (Å²) >= 11 is 0. The van der Waals surface area contributed by atoms with Gasteiger partial charge in [0.15, 0.2) is 0 Å². The molecule has 5 heteroatoms. The van der Waals surface area contributed by atoms with Crippen LogP contribution in [0.1, 0.15) is 26.7 Å². The average molecular weight is 292 g/mol. The Labute approximate surface area is 126 Å². The van der Waals surface area contributed by atoms with Crippen LogP contribution in [0.25, 0.3) is 0 Å². The van der Waals surface area contributed by atoms with Crippen LogP contribution < -0.4 is 5.32 Å². The van der Waals surface area contributed by atoms with Crippen LogP contribution in [0, 0.1) is 11.3 Å². The Kier molecular flexibility index (Phi) is 4.70. The first-order valence-electron chi connectivity index (χ1n) is 7.45. The normalized spacial score (nSPS) is 23.7. The fraction of sp³-hybridized carbons (Fsp3) is 0.625. The molecule has 1 heterocycles. The van der Waals surface area contributed by atoms with Gasteiger partial charge in [-0.1, -0.05) is 26.0 Å². The van der Waals surface area contributed by atoms with Gasteiger partial charge >= 0.3 is 0 Å². The summed E-state index contributed by atoms with van der Waals surface area (Å²) < 4.78 is 5.35. The zero-order valence-corrected chi connectivity index (χ0v) is 13.0. The number of rotatable bonds is 4. The first-order valence-corrected chi connectivity index (χ1v) is 7.45. The molecule has 1 atom stereocenters. The molecule has 2 amide bonds. The third kappa shape index (κ3) is 3.28. The lowest BCUT2D eigenvalue weighted by molar-refractivity contribution is -0.133. The number of hydrogen-bond donors (Lipinski definition) is 1. The Morgan fingerprint density at radius 2 is 2.05 bits per heavy atom. The number of hydrogen-bond acceptors (Lipinski definition) is 3. The van der Waals surface area contributed by atoms with Crippen LogP contribution in [0.15, 0.2) is 24.0 Å². The van der Waals surface area contributed by atoms with Crippen molar-refractivity contribution >= 4 is 11.8 Å². The van der Waals surface area contributed by atoms with Gasteiger partial charge < -0.3 is 15.0 Å². The molecule has 21 heavy (non-hydrogen) atoms. The van der Waals surface area contributed by atoms with E-state index in [4.69, 9.17) is 4.74 Å². The Bertz CT molecular complexity index is 474. The van der Waals surface area contributed by atoms with Crippen molar-refractivity contribution in [2.75, 3.05) is 26.7 Å². The number of carbonyl (C=O) groups is 2. The highest BCUT2D eigenvalue weighted by atomic mass is 16.5. The van der Waals surface area contributed by atoms with E-state index in [1.807, 2.05) is 37.0 Å². The molecule has 0 radical (unpaired) electrons. The van der Waals surface area contributed by atoms with E-state index in [0.29, 0.717) is 0 Å². The molecule has 0 aromatic heterocycles. The first-order chi connectivity index (χ1) is 9.96. The number of likely N-dealkylation sites (tertiary alicyclic amines) is 1. The molecule has 1 aliphatic heterocycles. The van der Waals surface area contributed by atoms with Crippen LogP contribution in [-0.4, -0.2) is 43.5 Å². The second-order valence-electron chi connectivity index (χ2n) is 6.12. The van der Waals surface area contributed by atoms with Crippen LogP contribution in [0.5, 0.6) is 0 Å². The minimum atomic E-state index is -0.412. The summed E-state index contributed by atoms with van der Waals surface area (Å²) in [7, 11) is 1.61. The molecule has 1 N–H and O–H groups in total. The lowest BCUT2D eigenvalue weighted by atomic mass is 9.74. The minimum absolute atomic E-state index is 0.000882. The molecular weight excluding hydrogens is 268 g/mol. The number of nitrogens with one attached hydrogen (secondary N) is 1. The molecule has 1 unspecified atom stereocenters. The summed E-state index contributed by atoms with van der Waals surface area (Å²) in [5.41, 5.74) is -0.412. The highest BCUT2D eigenvalue weighted by Gasteiger charge is 2.39. The molecule has 2 rings (SSSR count). The van der Waals surface area contributed by atoms with E-state index in [1.54, 1.807) is 7.11 Å². The third-order valence-corrected chi connectivity index (χ3v) is 4.34. The standard InChI is InChI=1S/C16H24N2O3/c1-16(2)12(7-6-8-13(16)21-3)15(20)17-11-14(19)18-9-4-5-10-18/h6-8,12H,4-5,9-11H2,1-3H3,(H,17,20). The summed E-state index contributed by atoms with van der Waals surface area (Å²) in [6.07, 6.45) is 7.67. The Morgan fingerprint density at radius 3 is 2.67 bits per heavy atom. The van der Waals surface area contributed by atoms with Gasteiger partial charge in [0.25, 0.3) is 0 Å². The van der Waals surface area contributed by atoms with Crippen LogP contribution in [0.3, 0.4) is 0 Å². The highest BCUT2D eigenvalue weighted by molar-refractivity contribution is 5.87. The molecule has 0 aromatic rings. The van der Waals surface area contributed by atoms with Crippen LogP contribution in [-0.2, 0) is 14.3 Å². The molecule has 0 saturated carbocycles. The third-order valence-electron chi connectivity index (χ3n) is 4.34. The van der Waals surface area contributed by atoms with Gasteiger partial charge in [0.2, 0.25) is 11.8 Å². The summed E-state index contributed by atoms with van der Waals surface area (Å²) in [4.78, 5) is 26.2. The van der Waals surface area contributed by atoms with Crippen molar-refractivity contribution in [3.05, 3.63) is 24.0 Å². The predicted octanol–water partition coefficient (Wildman–Crippen LogP) is 1.47. The maximum Gasteiger partial charge on any atom is 0.241 e. The van der Waals surface area contributed by atoms with Gasteiger partial charge in [-0.3, -0.25) is 9.59 Å². The number of methoxy groups -OCH3 is 1. The van der Waals surface area contributed by atoms with E-state index in [0.717, 1.165) is 31.7 Å². The van der Waals surface area contributed by atoms with E-state index in [1.165, 1.54) is 0 Å². The average Bonchev–Trinajstić information content (AvgIpc) is 2.98. The van der Waals surface area contributed by atoms with E-state index in [-0.39, 0.29) is 24.3 Å². The van der Waals surface area contributed by atoms with Crippen molar-refractivity contribution in [1.82, 2.24) is 10.2 Å². The molecule has 116 valence electrons. The minimum Gasteiger partial charge on any atom is -0.501 e. The number of nitrogens with zero attached hydrogens (tertiary/aromatic N) is 1. The van der Waals surface area contributed by atoms with Gasteiger partial charge in [-0.05, 0) is 18.9 Å². The summed E-state index contributed by atoms with van der Waals surface area (Å²) in [6, 6.07) is 0. The monoisotopic (exact) mass is 292 g/mol. The van der Waals surface area contributed by atoms with E-state index in [2.05, 4.69) is 5.32 Å². The Morgan fingerprint density at radius 1 is 1.38 bits per heavy atom. The Hall–Kier alpha value is -1.78. The molecule has 0 bridgehead atoms. The van der Waals surface area contributed by atoms with Crippen LogP contribution >= 0.6 is 0 Å². The highest BCUT2D eigenvalue weighted by Crippen LogP contribution is 2.39. The van der Waals surface area contributed by atoms with Gasteiger partial charge in [0.05, 0.1) is 19.6 Å². The first kappa shape index (κ1) is 15.6. The molecule has 2 aliphatic rings. The van der Waals surface area contributed by atoms with E-state index < -0.39 is 5.41 Å². The molecule has 0 spiro atoms. The summed E-state index contributed by atoms with van der Waals surface area (Å²) in [5.74, 6) is 0.312. The van der Waals surface area contributed by atoms with Gasteiger partial charge in [-0.15, -0.1) is 0 Å². The lowest BCUT2D eigenvalue weighted by Gasteiger charge is -2.34. The quantitative estimate of drug-likeness (QED) is 0.853. The molecule has 1 fully saturated rings. The van der Waals surface area contributed by atoms with Crippen LogP contribution in [0.2, 0.25) is 0 Å². The van der Waals surface area contributed by atoms with Crippen molar-refractivity contribution in [3.63, 3.8) is 0 Å². The topological polar surface area (TPSA) is 58.6 Å².